The molecule has 3 fully saturated rings. The van der Waals surface area contributed by atoms with E-state index in [0.29, 0.717) is 12.1 Å². The van der Waals surface area contributed by atoms with Crippen LogP contribution < -0.4 is 10.6 Å². The predicted octanol–water partition coefficient (Wildman–Crippen LogP) is 5.74. The molecule has 3 saturated heterocycles. The number of piperidine rings is 2. The van der Waals surface area contributed by atoms with E-state index in [0.717, 1.165) is 32.1 Å². The SMILES string of the molecule is CC1CC(C)(C)OP(N(C2CC(C)(C)NC(C)(C)C2)C2CC(C)(C)NC(C)(C)C2)O1. The van der Waals surface area contributed by atoms with Gasteiger partial charge in [0.2, 0.25) is 0 Å². The minimum Gasteiger partial charge on any atom is -0.319 e. The van der Waals surface area contributed by atoms with Gasteiger partial charge in [0.25, 0.3) is 8.53 Å². The molecular weight excluding hydrogens is 393 g/mol. The molecule has 0 aromatic carbocycles. The first-order chi connectivity index (χ1) is 13.4. The molecule has 2 unspecified atom stereocenters. The second kappa shape index (κ2) is 7.92. The van der Waals surface area contributed by atoms with Gasteiger partial charge in [-0.3, -0.25) is 0 Å². The Balaban J connectivity index is 1.98. The van der Waals surface area contributed by atoms with Gasteiger partial charge in [-0.15, -0.1) is 0 Å². The largest absolute Gasteiger partial charge is 0.319 e. The van der Waals surface area contributed by atoms with Gasteiger partial charge in [0.15, 0.2) is 0 Å². The van der Waals surface area contributed by atoms with E-state index >= 15 is 0 Å². The molecule has 0 aliphatic carbocycles. The highest BCUT2D eigenvalue weighted by Crippen LogP contribution is 2.58. The van der Waals surface area contributed by atoms with Gasteiger partial charge in [0.05, 0.1) is 11.7 Å². The van der Waals surface area contributed by atoms with Gasteiger partial charge in [-0.25, -0.2) is 4.67 Å². The molecular formula is C24H48N3O2P. The Kier molecular flexibility index (Phi) is 6.56. The minimum atomic E-state index is -1.10. The predicted molar refractivity (Wildman–Crippen MR) is 128 cm³/mol. The zero-order chi connectivity index (χ0) is 22.8. The number of rotatable bonds is 3. The molecule has 2 N–H and O–H groups in total. The molecule has 0 amide bonds. The Hall–Kier alpha value is 0.230. The summed E-state index contributed by atoms with van der Waals surface area (Å²) in [4.78, 5) is 0. The van der Waals surface area contributed by atoms with Crippen molar-refractivity contribution < 1.29 is 9.05 Å². The van der Waals surface area contributed by atoms with E-state index in [1.165, 1.54) is 0 Å². The fourth-order valence-electron chi connectivity index (χ4n) is 6.73. The van der Waals surface area contributed by atoms with Crippen molar-refractivity contribution in [3.05, 3.63) is 0 Å². The van der Waals surface area contributed by atoms with E-state index < -0.39 is 8.53 Å². The van der Waals surface area contributed by atoms with Crippen LogP contribution in [0.4, 0.5) is 0 Å². The van der Waals surface area contributed by atoms with E-state index in [2.05, 4.69) is 91.5 Å². The topological polar surface area (TPSA) is 45.8 Å². The van der Waals surface area contributed by atoms with Crippen molar-refractivity contribution in [3.63, 3.8) is 0 Å². The third-order valence-electron chi connectivity index (χ3n) is 6.65. The molecule has 0 spiro atoms. The molecule has 0 aromatic rings. The van der Waals surface area contributed by atoms with Crippen molar-refractivity contribution in [1.82, 2.24) is 15.3 Å². The molecule has 3 aliphatic heterocycles. The summed E-state index contributed by atoms with van der Waals surface area (Å²) in [6.45, 7) is 25.4. The van der Waals surface area contributed by atoms with Crippen LogP contribution in [-0.4, -0.2) is 50.6 Å². The minimum absolute atomic E-state index is 0.0921. The maximum atomic E-state index is 6.71. The number of nitrogens with one attached hydrogen (secondary N) is 2. The molecule has 2 atom stereocenters. The summed E-state index contributed by atoms with van der Waals surface area (Å²) in [5, 5.41) is 7.73. The van der Waals surface area contributed by atoms with E-state index in [-0.39, 0.29) is 33.9 Å². The van der Waals surface area contributed by atoms with Crippen LogP contribution >= 0.6 is 8.53 Å². The summed E-state index contributed by atoms with van der Waals surface area (Å²) in [7, 11) is -1.10. The molecule has 176 valence electrons. The van der Waals surface area contributed by atoms with E-state index in [1.54, 1.807) is 0 Å². The second-order valence-corrected chi connectivity index (χ2v) is 14.8. The van der Waals surface area contributed by atoms with Crippen LogP contribution in [0.3, 0.4) is 0 Å². The van der Waals surface area contributed by atoms with Crippen molar-refractivity contribution in [1.29, 1.82) is 0 Å². The lowest BCUT2D eigenvalue weighted by Crippen LogP contribution is -2.66. The molecule has 6 heteroatoms. The molecule has 0 saturated carbocycles. The van der Waals surface area contributed by atoms with Gasteiger partial charge in [0, 0.05) is 40.7 Å². The number of hydrogen-bond acceptors (Lipinski definition) is 5. The van der Waals surface area contributed by atoms with Gasteiger partial charge in [-0.1, -0.05) is 0 Å². The summed E-state index contributed by atoms with van der Waals surface area (Å²) in [6, 6.07) is 0.885. The van der Waals surface area contributed by atoms with E-state index in [9.17, 15) is 0 Å². The Morgan fingerprint density at radius 2 is 1.03 bits per heavy atom. The highest BCUT2D eigenvalue weighted by molar-refractivity contribution is 7.44. The zero-order valence-corrected chi connectivity index (χ0v) is 22.4. The summed E-state index contributed by atoms with van der Waals surface area (Å²) in [5.74, 6) is 0. The first-order valence-corrected chi connectivity index (χ1v) is 13.0. The van der Waals surface area contributed by atoms with Crippen LogP contribution in [-0.2, 0) is 9.05 Å². The Bertz CT molecular complexity index is 562. The lowest BCUT2D eigenvalue weighted by molar-refractivity contribution is -0.0340. The van der Waals surface area contributed by atoms with Crippen molar-refractivity contribution in [2.75, 3.05) is 0 Å². The Morgan fingerprint density at radius 3 is 1.37 bits per heavy atom. The fraction of sp³-hybridized carbons (Fsp3) is 1.00. The molecule has 0 bridgehead atoms. The zero-order valence-electron chi connectivity index (χ0n) is 21.5. The van der Waals surface area contributed by atoms with Crippen molar-refractivity contribution in [3.8, 4) is 0 Å². The van der Waals surface area contributed by atoms with Crippen LogP contribution in [0.25, 0.3) is 0 Å². The summed E-state index contributed by atoms with van der Waals surface area (Å²) in [5.41, 5.74) is 0.227. The number of hydrogen-bond donors (Lipinski definition) is 2. The Morgan fingerprint density at radius 1 is 0.667 bits per heavy atom. The van der Waals surface area contributed by atoms with Crippen LogP contribution in [0.15, 0.2) is 0 Å². The van der Waals surface area contributed by atoms with Gasteiger partial charge >= 0.3 is 0 Å². The molecule has 0 radical (unpaired) electrons. The van der Waals surface area contributed by atoms with Crippen LogP contribution in [0.1, 0.15) is 108 Å². The van der Waals surface area contributed by atoms with Crippen LogP contribution in [0.2, 0.25) is 0 Å². The highest BCUT2D eigenvalue weighted by Gasteiger charge is 2.51. The van der Waals surface area contributed by atoms with Gasteiger partial charge < -0.3 is 19.7 Å². The lowest BCUT2D eigenvalue weighted by atomic mass is 9.76. The molecule has 3 heterocycles. The first kappa shape index (κ1) is 24.9. The molecule has 30 heavy (non-hydrogen) atoms. The second-order valence-electron chi connectivity index (χ2n) is 13.5. The van der Waals surface area contributed by atoms with Crippen molar-refractivity contribution in [2.24, 2.45) is 0 Å². The molecule has 3 rings (SSSR count). The van der Waals surface area contributed by atoms with Gasteiger partial charge in [-0.2, -0.15) is 0 Å². The average molecular weight is 442 g/mol. The first-order valence-electron chi connectivity index (χ1n) is 11.9. The summed E-state index contributed by atoms with van der Waals surface area (Å²) in [6.07, 6.45) is 5.63. The van der Waals surface area contributed by atoms with E-state index in [4.69, 9.17) is 9.05 Å². The van der Waals surface area contributed by atoms with Gasteiger partial charge in [0.1, 0.15) is 0 Å². The standard InChI is InChI=1S/C24H48N3O2P/c1-17-12-24(10,11)29-30(28-17)27(18-13-20(2,3)25-21(4,5)14-18)19-15-22(6,7)26-23(8,9)16-19/h17-19,25-26H,12-16H2,1-11H3. The molecule has 5 nitrogen and oxygen atoms in total. The third kappa shape index (κ3) is 6.17. The molecule has 3 aliphatic rings. The summed E-state index contributed by atoms with van der Waals surface area (Å²) < 4.78 is 16.0. The van der Waals surface area contributed by atoms with Crippen molar-refractivity contribution in [2.45, 2.75) is 154 Å². The van der Waals surface area contributed by atoms with Crippen LogP contribution in [0.5, 0.6) is 0 Å². The third-order valence-corrected chi connectivity index (χ3v) is 8.87. The number of nitrogens with zero attached hydrogens (tertiary/aromatic N) is 1. The Labute approximate surface area is 187 Å². The average Bonchev–Trinajstić information content (AvgIpc) is 2.37. The monoisotopic (exact) mass is 441 g/mol. The normalized spacial score (nSPS) is 36.0. The quantitative estimate of drug-likeness (QED) is 0.547. The smallest absolute Gasteiger partial charge is 0.260 e. The van der Waals surface area contributed by atoms with Crippen LogP contribution in [0, 0.1) is 0 Å². The van der Waals surface area contributed by atoms with Crippen molar-refractivity contribution >= 4 is 8.53 Å². The van der Waals surface area contributed by atoms with E-state index in [1.807, 2.05) is 0 Å². The highest BCUT2D eigenvalue weighted by atomic mass is 31.2. The lowest BCUT2D eigenvalue weighted by Gasteiger charge is -2.57. The fourth-order valence-corrected chi connectivity index (χ4v) is 8.72. The molecule has 0 aromatic heterocycles. The maximum Gasteiger partial charge on any atom is 0.260 e. The maximum absolute atomic E-state index is 6.71. The summed E-state index contributed by atoms with van der Waals surface area (Å²) >= 11 is 0. The van der Waals surface area contributed by atoms with Gasteiger partial charge in [-0.05, 0) is 102 Å².